The zero-order chi connectivity index (χ0) is 26.4. The molecule has 2 heterocycles. The number of esters is 1. The third-order valence-electron chi connectivity index (χ3n) is 6.31. The van der Waals surface area contributed by atoms with Gasteiger partial charge in [0.05, 0.1) is 22.1 Å². The first-order valence-corrected chi connectivity index (χ1v) is 11.2. The lowest BCUT2D eigenvalue weighted by Gasteiger charge is -2.18. The van der Waals surface area contributed by atoms with Crippen molar-refractivity contribution in [1.29, 1.82) is 0 Å². The number of carbonyl (C=O) groups is 4. The predicted octanol–water partition coefficient (Wildman–Crippen LogP) is 3.80. The molecule has 3 amide bonds. The zero-order valence-electron chi connectivity index (χ0n) is 19.3. The first kappa shape index (κ1) is 23.8. The van der Waals surface area contributed by atoms with Crippen molar-refractivity contribution in [3.8, 4) is 5.75 Å². The van der Waals surface area contributed by atoms with Crippen LogP contribution in [0.25, 0.3) is 0 Å². The maximum Gasteiger partial charge on any atom is 0.316 e. The van der Waals surface area contributed by atoms with E-state index in [1.807, 2.05) is 0 Å². The zero-order valence-corrected chi connectivity index (χ0v) is 19.3. The summed E-state index contributed by atoms with van der Waals surface area (Å²) >= 11 is 0. The van der Waals surface area contributed by atoms with E-state index in [-0.39, 0.29) is 41.4 Å². The Hall–Kier alpha value is -4.93. The number of rotatable bonds is 5. The maximum absolute atomic E-state index is 13.2. The van der Waals surface area contributed by atoms with Crippen LogP contribution >= 0.6 is 0 Å². The number of nitro benzene ring substituents is 1. The van der Waals surface area contributed by atoms with E-state index in [9.17, 15) is 33.7 Å². The van der Waals surface area contributed by atoms with Gasteiger partial charge in [0, 0.05) is 24.7 Å². The van der Waals surface area contributed by atoms with Gasteiger partial charge in [-0.25, -0.2) is 9.29 Å². The summed E-state index contributed by atoms with van der Waals surface area (Å²) in [5.74, 6) is -3.48. The lowest BCUT2D eigenvalue weighted by molar-refractivity contribution is -0.385. The molecule has 1 atom stereocenters. The summed E-state index contributed by atoms with van der Waals surface area (Å²) in [6, 6.07) is 13.5. The van der Waals surface area contributed by atoms with Gasteiger partial charge in [0.25, 0.3) is 17.5 Å². The summed E-state index contributed by atoms with van der Waals surface area (Å²) in [4.78, 5) is 63.9. The topological polar surface area (TPSA) is 127 Å². The molecule has 0 saturated carbocycles. The molecule has 1 fully saturated rings. The first-order chi connectivity index (χ1) is 17.7. The first-order valence-electron chi connectivity index (χ1n) is 11.2. The molecule has 5 rings (SSSR count). The van der Waals surface area contributed by atoms with Crippen molar-refractivity contribution in [3.05, 3.63) is 93.3 Å². The second kappa shape index (κ2) is 8.94. The number of imide groups is 1. The van der Waals surface area contributed by atoms with E-state index in [4.69, 9.17) is 4.74 Å². The number of hydrogen-bond acceptors (Lipinski definition) is 7. The van der Waals surface area contributed by atoms with Crippen molar-refractivity contribution in [2.24, 2.45) is 5.92 Å². The molecule has 0 aliphatic carbocycles. The van der Waals surface area contributed by atoms with Crippen LogP contribution in [-0.2, 0) is 9.59 Å². The Labute approximate surface area is 209 Å². The Bertz CT molecular complexity index is 1500. The molecule has 3 aromatic rings. The van der Waals surface area contributed by atoms with E-state index < -0.39 is 40.1 Å². The number of carbonyl (C=O) groups excluding carboxylic acids is 4. The minimum Gasteiger partial charge on any atom is -0.426 e. The number of amides is 3. The molecule has 0 unspecified atom stereocenters. The summed E-state index contributed by atoms with van der Waals surface area (Å²) in [6.07, 6.45) is -0.0684. The number of benzene rings is 3. The highest BCUT2D eigenvalue weighted by atomic mass is 19.1. The Balaban J connectivity index is 1.32. The molecule has 0 N–H and O–H groups in total. The van der Waals surface area contributed by atoms with Gasteiger partial charge in [-0.05, 0) is 61.0 Å². The number of aryl methyl sites for hydroxylation is 1. The number of nitrogens with zero attached hydrogens (tertiary/aromatic N) is 3. The summed E-state index contributed by atoms with van der Waals surface area (Å²) in [5.41, 5.74) is 0.289. The van der Waals surface area contributed by atoms with E-state index in [1.165, 1.54) is 59.5 Å². The summed E-state index contributed by atoms with van der Waals surface area (Å²) in [7, 11) is 0. The average Bonchev–Trinajstić information content (AvgIpc) is 3.37. The van der Waals surface area contributed by atoms with Crippen LogP contribution in [-0.4, -0.2) is 35.2 Å². The summed E-state index contributed by atoms with van der Waals surface area (Å²) < 4.78 is 18.7. The van der Waals surface area contributed by atoms with Gasteiger partial charge < -0.3 is 9.64 Å². The van der Waals surface area contributed by atoms with Crippen molar-refractivity contribution in [1.82, 2.24) is 0 Å². The molecule has 0 bridgehead atoms. The number of fused-ring (bicyclic) bond motifs is 1. The van der Waals surface area contributed by atoms with Gasteiger partial charge in [0.15, 0.2) is 0 Å². The summed E-state index contributed by atoms with van der Waals surface area (Å²) in [6.45, 7) is 1.67. The van der Waals surface area contributed by atoms with Gasteiger partial charge in [0.2, 0.25) is 5.91 Å². The van der Waals surface area contributed by atoms with Crippen molar-refractivity contribution >= 4 is 40.8 Å². The molecule has 37 heavy (non-hydrogen) atoms. The largest absolute Gasteiger partial charge is 0.426 e. The van der Waals surface area contributed by atoms with E-state index in [0.29, 0.717) is 11.3 Å². The number of halogens is 1. The van der Waals surface area contributed by atoms with Crippen molar-refractivity contribution in [3.63, 3.8) is 0 Å². The number of nitro groups is 1. The fraction of sp³-hybridized carbons (Fsp3) is 0.154. The molecule has 2 aliphatic heterocycles. The Kier molecular flexibility index (Phi) is 5.75. The van der Waals surface area contributed by atoms with Crippen LogP contribution < -0.4 is 14.5 Å². The molecular formula is C26H18FN3O7. The quantitative estimate of drug-likeness (QED) is 0.170. The van der Waals surface area contributed by atoms with E-state index in [0.717, 1.165) is 11.0 Å². The normalized spacial score (nSPS) is 16.8. The van der Waals surface area contributed by atoms with Crippen LogP contribution in [0.1, 0.15) is 32.7 Å². The molecule has 2 aliphatic rings. The molecule has 0 aromatic heterocycles. The van der Waals surface area contributed by atoms with Gasteiger partial charge >= 0.3 is 5.97 Å². The minimum absolute atomic E-state index is 0.0642. The van der Waals surface area contributed by atoms with Crippen LogP contribution in [0.3, 0.4) is 0 Å². The number of hydrogen-bond donors (Lipinski definition) is 0. The highest BCUT2D eigenvalue weighted by Crippen LogP contribution is 2.36. The molecule has 10 nitrogen and oxygen atoms in total. The Morgan fingerprint density at radius 1 is 1.05 bits per heavy atom. The van der Waals surface area contributed by atoms with Crippen LogP contribution in [0, 0.1) is 28.8 Å². The van der Waals surface area contributed by atoms with E-state index in [2.05, 4.69) is 0 Å². The maximum atomic E-state index is 13.2. The average molecular weight is 503 g/mol. The minimum atomic E-state index is -0.814. The molecule has 3 aromatic carbocycles. The third kappa shape index (κ3) is 4.10. The lowest BCUT2D eigenvalue weighted by Crippen LogP contribution is -2.30. The molecular weight excluding hydrogens is 485 g/mol. The second-order valence-corrected chi connectivity index (χ2v) is 8.65. The molecule has 0 spiro atoms. The number of ether oxygens (including phenoxy) is 1. The van der Waals surface area contributed by atoms with Crippen molar-refractivity contribution < 1.29 is 33.2 Å². The molecule has 0 radical (unpaired) electrons. The van der Waals surface area contributed by atoms with Gasteiger partial charge in [-0.2, -0.15) is 0 Å². The highest BCUT2D eigenvalue weighted by molar-refractivity contribution is 6.35. The predicted molar refractivity (Wildman–Crippen MR) is 128 cm³/mol. The van der Waals surface area contributed by atoms with Crippen LogP contribution in [0.15, 0.2) is 60.7 Å². The Morgan fingerprint density at radius 3 is 2.46 bits per heavy atom. The van der Waals surface area contributed by atoms with Crippen molar-refractivity contribution in [2.45, 2.75) is 13.3 Å². The highest BCUT2D eigenvalue weighted by Gasteiger charge is 2.42. The number of anilines is 2. The van der Waals surface area contributed by atoms with Gasteiger partial charge in [-0.1, -0.05) is 6.07 Å². The monoisotopic (exact) mass is 503 g/mol. The van der Waals surface area contributed by atoms with Crippen LogP contribution in [0.5, 0.6) is 5.75 Å². The van der Waals surface area contributed by atoms with Gasteiger partial charge in [-0.3, -0.25) is 29.3 Å². The summed E-state index contributed by atoms with van der Waals surface area (Å²) in [5, 5.41) is 11.3. The van der Waals surface area contributed by atoms with Crippen molar-refractivity contribution in [2.75, 3.05) is 16.3 Å². The smallest absolute Gasteiger partial charge is 0.316 e. The second-order valence-electron chi connectivity index (χ2n) is 8.65. The Morgan fingerprint density at radius 2 is 1.78 bits per heavy atom. The van der Waals surface area contributed by atoms with E-state index >= 15 is 0 Å². The van der Waals surface area contributed by atoms with E-state index in [1.54, 1.807) is 6.92 Å². The SMILES string of the molecule is Cc1cc(OC(=O)[C@@H]2CC(=O)N(c3ccc(F)cc3)C2)ccc1N1C(=O)c2cccc([N+](=O)[O-])c2C1=O. The third-order valence-corrected chi connectivity index (χ3v) is 6.31. The fourth-order valence-corrected chi connectivity index (χ4v) is 4.52. The lowest BCUT2D eigenvalue weighted by atomic mass is 10.1. The van der Waals surface area contributed by atoms with Crippen LogP contribution in [0.4, 0.5) is 21.5 Å². The molecule has 11 heteroatoms. The fourth-order valence-electron chi connectivity index (χ4n) is 4.52. The van der Waals surface area contributed by atoms with Gasteiger partial charge in [-0.15, -0.1) is 0 Å². The van der Waals surface area contributed by atoms with Crippen LogP contribution in [0.2, 0.25) is 0 Å². The standard InChI is InChI=1S/C26H18FN3O7/c1-14-11-18(37-26(34)15-12-22(31)28(13-15)17-7-5-16(27)6-8-17)9-10-20(14)29-24(32)19-3-2-4-21(30(35)36)23(19)25(29)33/h2-11,15H,12-13H2,1H3/t15-/m1/s1. The molecule has 1 saturated heterocycles. The molecule has 186 valence electrons. The van der Waals surface area contributed by atoms with Gasteiger partial charge in [0.1, 0.15) is 17.1 Å².